The van der Waals surface area contributed by atoms with Gasteiger partial charge >= 0.3 is 0 Å². The maximum Gasteiger partial charge on any atom is 0.194 e. The molecular weight excluding hydrogens is 517 g/mol. The Morgan fingerprint density at radius 2 is 1.81 bits per heavy atom. The lowest BCUT2D eigenvalue weighted by Gasteiger charge is -2.36. The molecule has 8 nitrogen and oxygen atoms in total. The highest BCUT2D eigenvalue weighted by Crippen LogP contribution is 2.18. The van der Waals surface area contributed by atoms with E-state index in [0.717, 1.165) is 75.6 Å². The number of piperazine rings is 1. The molecule has 0 saturated carbocycles. The summed E-state index contributed by atoms with van der Waals surface area (Å²) >= 11 is 0. The van der Waals surface area contributed by atoms with Gasteiger partial charge < -0.3 is 19.6 Å². The molecule has 32 heavy (non-hydrogen) atoms. The van der Waals surface area contributed by atoms with Crippen molar-refractivity contribution in [2.45, 2.75) is 45.7 Å². The van der Waals surface area contributed by atoms with Gasteiger partial charge in [-0.25, -0.2) is 4.98 Å². The number of anilines is 1. The topological polar surface area (TPSA) is 73.0 Å². The Bertz CT molecular complexity index is 856. The zero-order chi connectivity index (χ0) is 21.5. The number of aromatic nitrogens is 2. The molecule has 0 bridgehead atoms. The van der Waals surface area contributed by atoms with Crippen molar-refractivity contribution >= 4 is 35.8 Å². The summed E-state index contributed by atoms with van der Waals surface area (Å²) in [4.78, 5) is 16.3. The van der Waals surface area contributed by atoms with E-state index in [1.54, 1.807) is 0 Å². The van der Waals surface area contributed by atoms with E-state index in [9.17, 15) is 0 Å². The Morgan fingerprint density at radius 3 is 2.47 bits per heavy atom. The Hall–Kier alpha value is -1.88. The number of hydrogen-bond acceptors (Lipinski definition) is 6. The highest BCUT2D eigenvalue weighted by molar-refractivity contribution is 14.0. The first kappa shape index (κ1) is 24.8. The number of pyridine rings is 1. The van der Waals surface area contributed by atoms with Crippen LogP contribution in [0.3, 0.4) is 0 Å². The number of nitrogens with one attached hydrogen (secondary N) is 1. The molecule has 0 unspecified atom stereocenters. The molecule has 2 saturated heterocycles. The molecule has 4 rings (SSSR count). The minimum absolute atomic E-state index is 0. The average Bonchev–Trinajstić information content (AvgIpc) is 3.03. The standard InChI is InChI=1S/C23H35N7O.HI/c1-19-15-21(27-31-19)18-28-11-13-30(14-12-28)23(24-2)26-17-20-7-8-25-22(16-20)29-9-5-3-4-6-10-29;/h7-8,15-16H,3-6,9-14,17-18H2,1-2H3,(H,24,26);1H. The molecule has 2 aliphatic heterocycles. The fourth-order valence-electron chi connectivity index (χ4n) is 4.40. The minimum Gasteiger partial charge on any atom is -0.361 e. The normalized spacial score (nSPS) is 18.2. The molecule has 9 heteroatoms. The van der Waals surface area contributed by atoms with Gasteiger partial charge in [0, 0.05) is 71.7 Å². The molecular formula is C23H36IN7O. The summed E-state index contributed by atoms with van der Waals surface area (Å²) < 4.78 is 5.19. The fraction of sp³-hybridized carbons (Fsp3) is 0.609. The van der Waals surface area contributed by atoms with Crippen molar-refractivity contribution in [3.05, 3.63) is 41.4 Å². The van der Waals surface area contributed by atoms with Gasteiger partial charge in [0.15, 0.2) is 5.96 Å². The second kappa shape index (κ2) is 12.4. The first-order chi connectivity index (χ1) is 15.2. The summed E-state index contributed by atoms with van der Waals surface area (Å²) in [6.45, 7) is 9.64. The summed E-state index contributed by atoms with van der Waals surface area (Å²) in [5.74, 6) is 2.94. The number of hydrogen-bond donors (Lipinski definition) is 1. The molecule has 0 radical (unpaired) electrons. The van der Waals surface area contributed by atoms with E-state index in [4.69, 9.17) is 4.52 Å². The first-order valence-electron chi connectivity index (χ1n) is 11.5. The highest BCUT2D eigenvalue weighted by atomic mass is 127. The van der Waals surface area contributed by atoms with Crippen LogP contribution in [0.15, 0.2) is 33.9 Å². The molecule has 2 aromatic rings. The van der Waals surface area contributed by atoms with Crippen LogP contribution in [0.5, 0.6) is 0 Å². The molecule has 176 valence electrons. The third-order valence-corrected chi connectivity index (χ3v) is 6.14. The molecule has 0 aliphatic carbocycles. The summed E-state index contributed by atoms with van der Waals surface area (Å²) in [5.41, 5.74) is 2.25. The van der Waals surface area contributed by atoms with Gasteiger partial charge in [0.05, 0.1) is 5.69 Å². The number of aliphatic imine (C=N–C) groups is 1. The smallest absolute Gasteiger partial charge is 0.194 e. The minimum atomic E-state index is 0. The zero-order valence-corrected chi connectivity index (χ0v) is 21.6. The molecule has 0 spiro atoms. The van der Waals surface area contributed by atoms with E-state index >= 15 is 0 Å². The van der Waals surface area contributed by atoms with E-state index in [-0.39, 0.29) is 24.0 Å². The number of aryl methyl sites for hydroxylation is 1. The largest absolute Gasteiger partial charge is 0.361 e. The summed E-state index contributed by atoms with van der Waals surface area (Å²) in [5, 5.41) is 7.66. The number of rotatable bonds is 5. The summed E-state index contributed by atoms with van der Waals surface area (Å²) in [6, 6.07) is 6.34. The lowest BCUT2D eigenvalue weighted by atomic mass is 10.2. The number of guanidine groups is 1. The lowest BCUT2D eigenvalue weighted by Crippen LogP contribution is -2.52. The highest BCUT2D eigenvalue weighted by Gasteiger charge is 2.20. The van der Waals surface area contributed by atoms with E-state index in [2.05, 4.69) is 47.3 Å². The Labute approximate surface area is 208 Å². The monoisotopic (exact) mass is 553 g/mol. The van der Waals surface area contributed by atoms with Crippen LogP contribution in [0.1, 0.15) is 42.7 Å². The Morgan fingerprint density at radius 1 is 1.06 bits per heavy atom. The van der Waals surface area contributed by atoms with Gasteiger partial charge in [-0.05, 0) is 37.5 Å². The van der Waals surface area contributed by atoms with Crippen molar-refractivity contribution in [1.82, 2.24) is 25.3 Å². The molecule has 2 aliphatic rings. The number of halogens is 1. The predicted octanol–water partition coefficient (Wildman–Crippen LogP) is 3.27. The molecule has 1 N–H and O–H groups in total. The lowest BCUT2D eigenvalue weighted by molar-refractivity contribution is 0.169. The predicted molar refractivity (Wildman–Crippen MR) is 139 cm³/mol. The quantitative estimate of drug-likeness (QED) is 0.346. The van der Waals surface area contributed by atoms with Crippen LogP contribution < -0.4 is 10.2 Å². The van der Waals surface area contributed by atoms with Gasteiger partial charge in [0.25, 0.3) is 0 Å². The van der Waals surface area contributed by atoms with Crippen LogP contribution in [-0.2, 0) is 13.1 Å². The summed E-state index contributed by atoms with van der Waals surface area (Å²) in [7, 11) is 1.86. The molecule has 0 amide bonds. The van der Waals surface area contributed by atoms with Gasteiger partial charge in [0.2, 0.25) is 0 Å². The van der Waals surface area contributed by atoms with Crippen molar-refractivity contribution in [2.24, 2.45) is 4.99 Å². The van der Waals surface area contributed by atoms with Gasteiger partial charge in [-0.2, -0.15) is 0 Å². The molecule has 2 aromatic heterocycles. The number of nitrogens with zero attached hydrogens (tertiary/aromatic N) is 6. The first-order valence-corrected chi connectivity index (χ1v) is 11.5. The molecule has 2 fully saturated rings. The Balaban J connectivity index is 0.00000289. The van der Waals surface area contributed by atoms with E-state index < -0.39 is 0 Å². The second-order valence-corrected chi connectivity index (χ2v) is 8.52. The molecule has 0 atom stereocenters. The van der Waals surface area contributed by atoms with Crippen LogP contribution in [0.25, 0.3) is 0 Å². The van der Waals surface area contributed by atoms with Crippen LogP contribution in [0.2, 0.25) is 0 Å². The van der Waals surface area contributed by atoms with Crippen molar-refractivity contribution in [3.8, 4) is 0 Å². The van der Waals surface area contributed by atoms with E-state index in [1.807, 2.05) is 26.2 Å². The van der Waals surface area contributed by atoms with Crippen molar-refractivity contribution in [2.75, 3.05) is 51.2 Å². The Kier molecular flexibility index (Phi) is 9.58. The van der Waals surface area contributed by atoms with Crippen LogP contribution >= 0.6 is 24.0 Å². The fourth-order valence-corrected chi connectivity index (χ4v) is 4.40. The van der Waals surface area contributed by atoms with Crippen molar-refractivity contribution in [1.29, 1.82) is 0 Å². The maximum atomic E-state index is 5.19. The third-order valence-electron chi connectivity index (χ3n) is 6.14. The molecule has 4 heterocycles. The van der Waals surface area contributed by atoms with Gasteiger partial charge in [-0.3, -0.25) is 9.89 Å². The van der Waals surface area contributed by atoms with E-state index in [0.29, 0.717) is 0 Å². The average molecular weight is 553 g/mol. The molecule has 0 aromatic carbocycles. The zero-order valence-electron chi connectivity index (χ0n) is 19.3. The van der Waals surface area contributed by atoms with Crippen LogP contribution in [0, 0.1) is 6.92 Å². The van der Waals surface area contributed by atoms with Gasteiger partial charge in [-0.15, -0.1) is 24.0 Å². The van der Waals surface area contributed by atoms with Crippen LogP contribution in [0.4, 0.5) is 5.82 Å². The van der Waals surface area contributed by atoms with Crippen LogP contribution in [-0.4, -0.2) is 72.2 Å². The summed E-state index contributed by atoms with van der Waals surface area (Å²) in [6.07, 6.45) is 7.13. The second-order valence-electron chi connectivity index (χ2n) is 8.52. The van der Waals surface area contributed by atoms with Gasteiger partial charge in [-0.1, -0.05) is 18.0 Å². The maximum absolute atomic E-state index is 5.19. The van der Waals surface area contributed by atoms with Crippen molar-refractivity contribution < 1.29 is 4.52 Å². The van der Waals surface area contributed by atoms with E-state index in [1.165, 1.54) is 31.2 Å². The van der Waals surface area contributed by atoms with Crippen molar-refractivity contribution in [3.63, 3.8) is 0 Å². The SMILES string of the molecule is CN=C(NCc1ccnc(N2CCCCCC2)c1)N1CCN(Cc2cc(C)on2)CC1.I. The third kappa shape index (κ3) is 6.81. The van der Waals surface area contributed by atoms with Gasteiger partial charge in [0.1, 0.15) is 11.6 Å².